The van der Waals surface area contributed by atoms with Crippen molar-refractivity contribution in [1.82, 2.24) is 0 Å². The van der Waals surface area contributed by atoms with Crippen LogP contribution in [0.2, 0.25) is 5.02 Å². The number of phenolic OH excluding ortho intramolecular Hbond substituents is 2. The molecule has 0 bridgehead atoms. The van der Waals surface area contributed by atoms with E-state index in [-0.39, 0.29) is 34.2 Å². The number of hydrogen-bond acceptors (Lipinski definition) is 6. The Balaban J connectivity index is 1.78. The molecule has 0 amide bonds. The molecule has 7 nitrogen and oxygen atoms in total. The van der Waals surface area contributed by atoms with Crippen molar-refractivity contribution in [1.29, 1.82) is 0 Å². The second kappa shape index (κ2) is 8.98. The summed E-state index contributed by atoms with van der Waals surface area (Å²) >= 11 is 5.80. The van der Waals surface area contributed by atoms with E-state index in [0.717, 1.165) is 6.07 Å². The normalized spacial score (nSPS) is 11.5. The molecule has 0 aromatic heterocycles. The first-order valence-corrected chi connectivity index (χ1v) is 10.5. The molecule has 0 saturated carbocycles. The number of para-hydroxylation sites is 1. The standard InChI is InChI=1S/C21H17ClN2O5S/c22-15-6-9-17(10-7-15)30(28,29)24-19-4-2-1-3-18(19)21(27)13-23-12-14-5-8-16(25)11-20(14)26/h1-12,24-26H,13H2. The van der Waals surface area contributed by atoms with E-state index in [1.165, 1.54) is 54.7 Å². The van der Waals surface area contributed by atoms with Gasteiger partial charge in [0.25, 0.3) is 10.0 Å². The highest BCUT2D eigenvalue weighted by molar-refractivity contribution is 7.92. The molecule has 0 aliphatic rings. The highest BCUT2D eigenvalue weighted by Crippen LogP contribution is 2.23. The van der Waals surface area contributed by atoms with E-state index in [9.17, 15) is 23.4 Å². The van der Waals surface area contributed by atoms with Crippen molar-refractivity contribution in [3.63, 3.8) is 0 Å². The van der Waals surface area contributed by atoms with Crippen LogP contribution in [0.5, 0.6) is 11.5 Å². The van der Waals surface area contributed by atoms with Crippen LogP contribution in [-0.4, -0.2) is 37.2 Å². The molecule has 0 aliphatic carbocycles. The first-order valence-electron chi connectivity index (χ1n) is 8.69. The van der Waals surface area contributed by atoms with E-state index < -0.39 is 15.8 Å². The van der Waals surface area contributed by atoms with Gasteiger partial charge in [-0.15, -0.1) is 0 Å². The van der Waals surface area contributed by atoms with E-state index in [4.69, 9.17) is 11.6 Å². The lowest BCUT2D eigenvalue weighted by Gasteiger charge is -2.11. The fourth-order valence-corrected chi connectivity index (χ4v) is 3.79. The maximum Gasteiger partial charge on any atom is 0.261 e. The minimum atomic E-state index is -3.92. The predicted octanol–water partition coefficient (Wildman–Crippen LogP) is 3.85. The number of hydrogen-bond donors (Lipinski definition) is 3. The first-order chi connectivity index (χ1) is 14.3. The Morgan fingerprint density at radius 2 is 1.73 bits per heavy atom. The smallest absolute Gasteiger partial charge is 0.261 e. The number of anilines is 1. The summed E-state index contributed by atoms with van der Waals surface area (Å²) in [5.41, 5.74) is 0.611. The number of Topliss-reactive ketones (excluding diaryl/α,β-unsaturated/α-hetero) is 1. The van der Waals surface area contributed by atoms with Crippen LogP contribution in [0, 0.1) is 0 Å². The Bertz CT molecular complexity index is 1210. The molecule has 0 spiro atoms. The molecule has 30 heavy (non-hydrogen) atoms. The monoisotopic (exact) mass is 444 g/mol. The van der Waals surface area contributed by atoms with Gasteiger partial charge in [0.1, 0.15) is 18.0 Å². The SMILES string of the molecule is O=C(CN=Cc1ccc(O)cc1O)c1ccccc1NS(=O)(=O)c1ccc(Cl)cc1. The van der Waals surface area contributed by atoms with Crippen LogP contribution in [0.15, 0.2) is 76.6 Å². The molecular formula is C21H17ClN2O5S. The van der Waals surface area contributed by atoms with Crippen molar-refractivity contribution in [2.24, 2.45) is 4.99 Å². The van der Waals surface area contributed by atoms with Crippen molar-refractivity contribution in [3.05, 3.63) is 82.9 Å². The molecule has 3 aromatic carbocycles. The molecule has 0 saturated heterocycles. The number of ketones is 1. The van der Waals surface area contributed by atoms with Gasteiger partial charge in [0, 0.05) is 28.4 Å². The minimum absolute atomic E-state index is 0.00924. The molecular weight excluding hydrogens is 428 g/mol. The lowest BCUT2D eigenvalue weighted by molar-refractivity contribution is 0.100. The number of carbonyl (C=O) groups excluding carboxylic acids is 1. The van der Waals surface area contributed by atoms with E-state index in [0.29, 0.717) is 10.6 Å². The summed E-state index contributed by atoms with van der Waals surface area (Å²) in [6.07, 6.45) is 1.30. The first kappa shape index (κ1) is 21.4. The van der Waals surface area contributed by atoms with E-state index in [2.05, 4.69) is 9.71 Å². The van der Waals surface area contributed by atoms with E-state index in [1.807, 2.05) is 0 Å². The summed E-state index contributed by atoms with van der Waals surface area (Å²) in [5, 5.41) is 19.5. The van der Waals surface area contributed by atoms with Crippen LogP contribution in [-0.2, 0) is 10.0 Å². The third-order valence-corrected chi connectivity index (χ3v) is 5.71. The minimum Gasteiger partial charge on any atom is -0.508 e. The molecule has 3 aromatic rings. The highest BCUT2D eigenvalue weighted by Gasteiger charge is 2.18. The predicted molar refractivity (Wildman–Crippen MR) is 115 cm³/mol. The van der Waals surface area contributed by atoms with Crippen LogP contribution in [0.3, 0.4) is 0 Å². The van der Waals surface area contributed by atoms with Gasteiger partial charge in [-0.2, -0.15) is 0 Å². The number of nitrogens with one attached hydrogen (secondary N) is 1. The summed E-state index contributed by atoms with van der Waals surface area (Å²) < 4.78 is 27.6. The van der Waals surface area contributed by atoms with Gasteiger partial charge < -0.3 is 10.2 Å². The van der Waals surface area contributed by atoms with E-state index in [1.54, 1.807) is 12.1 Å². The van der Waals surface area contributed by atoms with Crippen molar-refractivity contribution in [2.45, 2.75) is 4.90 Å². The molecule has 0 atom stereocenters. The lowest BCUT2D eigenvalue weighted by Crippen LogP contribution is -2.16. The molecule has 3 N–H and O–H groups in total. The zero-order valence-corrected chi connectivity index (χ0v) is 17.1. The zero-order chi connectivity index (χ0) is 21.7. The van der Waals surface area contributed by atoms with Crippen LogP contribution in [0.25, 0.3) is 0 Å². The van der Waals surface area contributed by atoms with Gasteiger partial charge in [0.15, 0.2) is 5.78 Å². The molecule has 154 valence electrons. The summed E-state index contributed by atoms with van der Waals surface area (Å²) in [7, 11) is -3.92. The second-order valence-electron chi connectivity index (χ2n) is 6.24. The topological polar surface area (TPSA) is 116 Å². The number of halogens is 1. The number of phenols is 2. The zero-order valence-electron chi connectivity index (χ0n) is 15.5. The second-order valence-corrected chi connectivity index (χ2v) is 8.36. The summed E-state index contributed by atoms with van der Waals surface area (Å²) in [5.74, 6) is -0.691. The highest BCUT2D eigenvalue weighted by atomic mass is 35.5. The number of benzene rings is 3. The molecule has 0 aliphatic heterocycles. The molecule has 3 rings (SSSR count). The largest absolute Gasteiger partial charge is 0.508 e. The van der Waals surface area contributed by atoms with Gasteiger partial charge >= 0.3 is 0 Å². The van der Waals surface area contributed by atoms with Crippen molar-refractivity contribution in [3.8, 4) is 11.5 Å². The molecule has 9 heteroatoms. The van der Waals surface area contributed by atoms with Crippen molar-refractivity contribution >= 4 is 39.3 Å². The Hall–Kier alpha value is -3.36. The number of rotatable bonds is 7. The Morgan fingerprint density at radius 3 is 2.43 bits per heavy atom. The number of nitrogens with zero attached hydrogens (tertiary/aromatic N) is 1. The Kier molecular flexibility index (Phi) is 6.39. The number of aromatic hydroxyl groups is 2. The van der Waals surface area contributed by atoms with Crippen LogP contribution in [0.1, 0.15) is 15.9 Å². The molecule has 0 unspecified atom stereocenters. The van der Waals surface area contributed by atoms with Crippen LogP contribution in [0.4, 0.5) is 5.69 Å². The van der Waals surface area contributed by atoms with Gasteiger partial charge in [0.05, 0.1) is 10.6 Å². The average Bonchev–Trinajstić information content (AvgIpc) is 2.70. The van der Waals surface area contributed by atoms with Gasteiger partial charge in [0.2, 0.25) is 0 Å². The van der Waals surface area contributed by atoms with Crippen LogP contribution >= 0.6 is 11.6 Å². The fraction of sp³-hybridized carbons (Fsp3) is 0.0476. The van der Waals surface area contributed by atoms with Crippen LogP contribution < -0.4 is 4.72 Å². The van der Waals surface area contributed by atoms with E-state index >= 15 is 0 Å². The Morgan fingerprint density at radius 1 is 1.03 bits per heavy atom. The van der Waals surface area contributed by atoms with Gasteiger partial charge in [-0.05, 0) is 48.5 Å². The average molecular weight is 445 g/mol. The molecule has 0 fully saturated rings. The van der Waals surface area contributed by atoms with Crippen molar-refractivity contribution in [2.75, 3.05) is 11.3 Å². The lowest BCUT2D eigenvalue weighted by atomic mass is 10.1. The van der Waals surface area contributed by atoms with Gasteiger partial charge in [-0.3, -0.25) is 14.5 Å². The summed E-state index contributed by atoms with van der Waals surface area (Å²) in [6, 6.07) is 15.8. The number of sulfonamides is 1. The Labute approximate surface area is 178 Å². The number of aliphatic imine (C=N–C) groups is 1. The maximum absolute atomic E-state index is 12.6. The summed E-state index contributed by atoms with van der Waals surface area (Å²) in [6.45, 7) is -0.264. The quantitative estimate of drug-likeness (QED) is 0.378. The maximum atomic E-state index is 12.6. The molecule has 0 radical (unpaired) electrons. The molecule has 0 heterocycles. The fourth-order valence-electron chi connectivity index (χ4n) is 2.59. The van der Waals surface area contributed by atoms with Crippen molar-refractivity contribution < 1.29 is 23.4 Å². The van der Waals surface area contributed by atoms with Gasteiger partial charge in [-0.25, -0.2) is 8.42 Å². The third-order valence-electron chi connectivity index (χ3n) is 4.08. The summed E-state index contributed by atoms with van der Waals surface area (Å²) in [4.78, 5) is 16.6. The third kappa shape index (κ3) is 5.16. The van der Waals surface area contributed by atoms with Gasteiger partial charge in [-0.1, -0.05) is 23.7 Å². The number of carbonyl (C=O) groups is 1.